The summed E-state index contributed by atoms with van der Waals surface area (Å²) < 4.78 is 16.9. The van der Waals surface area contributed by atoms with Gasteiger partial charge in [-0.15, -0.1) is 0 Å². The first kappa shape index (κ1) is 64.4. The minimum Gasteiger partial charge on any atom is -0.462 e. The molecule has 0 amide bonds. The Morgan fingerprint density at radius 1 is 0.288 bits per heavy atom. The molecule has 0 bridgehead atoms. The van der Waals surface area contributed by atoms with E-state index in [2.05, 4.69) is 27.7 Å². The zero-order chi connectivity index (χ0) is 48.1. The van der Waals surface area contributed by atoms with E-state index in [4.69, 9.17) is 14.2 Å². The Morgan fingerprint density at radius 3 is 0.742 bits per heavy atom. The fraction of sp³-hybridized carbons (Fsp3) is 0.950. The maximum Gasteiger partial charge on any atom is 0.306 e. The molecule has 6 nitrogen and oxygen atoms in total. The molecule has 0 rings (SSSR count). The summed E-state index contributed by atoms with van der Waals surface area (Å²) in [5, 5.41) is 0. The topological polar surface area (TPSA) is 78.9 Å². The minimum absolute atomic E-state index is 0.0616. The molecule has 0 heterocycles. The van der Waals surface area contributed by atoms with Crippen LogP contribution in [0.25, 0.3) is 0 Å². The van der Waals surface area contributed by atoms with E-state index in [1.54, 1.807) is 0 Å². The number of esters is 3. The monoisotopic (exact) mass is 933 g/mol. The van der Waals surface area contributed by atoms with Crippen molar-refractivity contribution in [1.29, 1.82) is 0 Å². The van der Waals surface area contributed by atoms with Crippen LogP contribution in [0.1, 0.15) is 342 Å². The van der Waals surface area contributed by atoms with Gasteiger partial charge in [-0.05, 0) is 25.2 Å². The van der Waals surface area contributed by atoms with Crippen molar-refractivity contribution in [1.82, 2.24) is 0 Å². The van der Waals surface area contributed by atoms with Crippen molar-refractivity contribution in [2.75, 3.05) is 13.2 Å². The highest BCUT2D eigenvalue weighted by molar-refractivity contribution is 5.71. The van der Waals surface area contributed by atoms with Crippen LogP contribution in [-0.4, -0.2) is 37.2 Å². The molecule has 6 heteroatoms. The Balaban J connectivity index is 4.24. The second kappa shape index (κ2) is 54.4. The van der Waals surface area contributed by atoms with Crippen LogP contribution in [-0.2, 0) is 28.6 Å². The van der Waals surface area contributed by atoms with E-state index in [1.807, 2.05) is 0 Å². The molecule has 0 aliphatic heterocycles. The first-order valence-corrected chi connectivity index (χ1v) is 29.9. The van der Waals surface area contributed by atoms with Gasteiger partial charge in [-0.2, -0.15) is 0 Å². The molecular formula is C60H116O6. The SMILES string of the molecule is CCCCCCCCCCCCCCCCCCCCC(=O)OC[C@H](COC(=O)CCCCCCCCCCCCC)OC(=O)CCCCCCCCCCCCCCCCCCC(C)C. The van der Waals surface area contributed by atoms with Gasteiger partial charge in [-0.1, -0.05) is 304 Å². The number of unbranched alkanes of at least 4 members (excludes halogenated alkanes) is 42. The maximum absolute atomic E-state index is 12.9. The van der Waals surface area contributed by atoms with Crippen molar-refractivity contribution in [3.05, 3.63) is 0 Å². The zero-order valence-electron chi connectivity index (χ0n) is 45.2. The standard InChI is InChI=1S/C60H116O6/c1-5-7-9-11-13-15-17-18-19-20-21-25-28-32-36-40-44-48-52-59(62)65-55-57(54-64-58(61)51-47-43-39-35-30-16-14-12-10-8-6-2)66-60(63)53-49-45-41-37-33-29-26-23-22-24-27-31-34-38-42-46-50-56(3)4/h56-57H,5-55H2,1-4H3/t57-/m0/s1. The van der Waals surface area contributed by atoms with E-state index >= 15 is 0 Å². The fourth-order valence-electron chi connectivity index (χ4n) is 9.28. The predicted octanol–water partition coefficient (Wildman–Crippen LogP) is 19.8. The van der Waals surface area contributed by atoms with Crippen LogP contribution < -0.4 is 0 Å². The van der Waals surface area contributed by atoms with Crippen LogP contribution in [0, 0.1) is 5.92 Å². The number of hydrogen-bond acceptors (Lipinski definition) is 6. The molecule has 0 aliphatic rings. The first-order valence-electron chi connectivity index (χ1n) is 29.9. The summed E-state index contributed by atoms with van der Waals surface area (Å²) in [7, 11) is 0. The first-order chi connectivity index (χ1) is 32.4. The second-order valence-electron chi connectivity index (χ2n) is 21.1. The maximum atomic E-state index is 12.9. The lowest BCUT2D eigenvalue weighted by Crippen LogP contribution is -2.30. The van der Waals surface area contributed by atoms with E-state index in [0.29, 0.717) is 19.3 Å². The largest absolute Gasteiger partial charge is 0.462 e. The Kier molecular flexibility index (Phi) is 53.0. The lowest BCUT2D eigenvalue weighted by molar-refractivity contribution is -0.167. The van der Waals surface area contributed by atoms with Gasteiger partial charge in [0.2, 0.25) is 0 Å². The molecule has 0 aromatic heterocycles. The normalized spacial score (nSPS) is 12.0. The summed E-state index contributed by atoms with van der Waals surface area (Å²) in [6.45, 7) is 9.07. The van der Waals surface area contributed by atoms with Crippen LogP contribution in [0.4, 0.5) is 0 Å². The molecule has 0 spiro atoms. The van der Waals surface area contributed by atoms with Gasteiger partial charge in [0.1, 0.15) is 13.2 Å². The molecular weight excluding hydrogens is 817 g/mol. The van der Waals surface area contributed by atoms with Crippen LogP contribution >= 0.6 is 0 Å². The summed E-state index contributed by atoms with van der Waals surface area (Å²) >= 11 is 0. The highest BCUT2D eigenvalue weighted by Crippen LogP contribution is 2.18. The molecule has 66 heavy (non-hydrogen) atoms. The summed E-state index contributed by atoms with van der Waals surface area (Å²) in [4.78, 5) is 38.1. The summed E-state index contributed by atoms with van der Waals surface area (Å²) in [5.41, 5.74) is 0. The molecule has 0 N–H and O–H groups in total. The third-order valence-electron chi connectivity index (χ3n) is 13.8. The number of carbonyl (C=O) groups is 3. The van der Waals surface area contributed by atoms with Gasteiger partial charge >= 0.3 is 17.9 Å². The van der Waals surface area contributed by atoms with Crippen LogP contribution in [0.2, 0.25) is 0 Å². The highest BCUT2D eigenvalue weighted by atomic mass is 16.6. The Hall–Kier alpha value is -1.59. The van der Waals surface area contributed by atoms with Gasteiger partial charge in [0.05, 0.1) is 0 Å². The van der Waals surface area contributed by atoms with Crippen LogP contribution in [0.5, 0.6) is 0 Å². The van der Waals surface area contributed by atoms with Gasteiger partial charge in [0.25, 0.3) is 0 Å². The molecule has 0 aliphatic carbocycles. The van der Waals surface area contributed by atoms with Crippen molar-refractivity contribution in [2.45, 2.75) is 348 Å². The van der Waals surface area contributed by atoms with Gasteiger partial charge in [-0.3, -0.25) is 14.4 Å². The fourth-order valence-corrected chi connectivity index (χ4v) is 9.28. The van der Waals surface area contributed by atoms with Gasteiger partial charge in [0, 0.05) is 19.3 Å². The van der Waals surface area contributed by atoms with E-state index < -0.39 is 6.10 Å². The molecule has 1 atom stereocenters. The minimum atomic E-state index is -0.761. The predicted molar refractivity (Wildman–Crippen MR) is 284 cm³/mol. The molecule has 392 valence electrons. The lowest BCUT2D eigenvalue weighted by Gasteiger charge is -2.18. The summed E-state index contributed by atoms with van der Waals surface area (Å²) in [6.07, 6.45) is 59.5. The van der Waals surface area contributed by atoms with Crippen LogP contribution in [0.15, 0.2) is 0 Å². The van der Waals surface area contributed by atoms with Gasteiger partial charge in [0.15, 0.2) is 6.10 Å². The van der Waals surface area contributed by atoms with E-state index in [9.17, 15) is 14.4 Å². The number of carbonyl (C=O) groups excluding carboxylic acids is 3. The molecule has 0 aromatic carbocycles. The number of rotatable bonds is 55. The summed E-state index contributed by atoms with van der Waals surface area (Å²) in [5.74, 6) is 0.0180. The average molecular weight is 934 g/mol. The number of ether oxygens (including phenoxy) is 3. The quantitative estimate of drug-likeness (QED) is 0.0343. The lowest BCUT2D eigenvalue weighted by atomic mass is 10.0. The summed E-state index contributed by atoms with van der Waals surface area (Å²) in [6, 6.07) is 0. The van der Waals surface area contributed by atoms with Crippen molar-refractivity contribution in [2.24, 2.45) is 5.92 Å². The third kappa shape index (κ3) is 53.4. The Bertz CT molecular complexity index is 996. The Morgan fingerprint density at radius 2 is 0.500 bits per heavy atom. The van der Waals surface area contributed by atoms with Gasteiger partial charge in [-0.25, -0.2) is 0 Å². The molecule has 0 unspecified atom stereocenters. The third-order valence-corrected chi connectivity index (χ3v) is 13.8. The molecule has 0 fully saturated rings. The number of hydrogen-bond donors (Lipinski definition) is 0. The molecule has 0 saturated heterocycles. The van der Waals surface area contributed by atoms with Crippen molar-refractivity contribution in [3.63, 3.8) is 0 Å². The molecule has 0 radical (unpaired) electrons. The molecule has 0 saturated carbocycles. The average Bonchev–Trinajstić information content (AvgIpc) is 3.30. The zero-order valence-corrected chi connectivity index (χ0v) is 45.2. The van der Waals surface area contributed by atoms with E-state index in [0.717, 1.165) is 63.7 Å². The smallest absolute Gasteiger partial charge is 0.306 e. The van der Waals surface area contributed by atoms with Crippen molar-refractivity contribution >= 4 is 17.9 Å². The van der Waals surface area contributed by atoms with Crippen molar-refractivity contribution in [3.8, 4) is 0 Å². The van der Waals surface area contributed by atoms with Crippen molar-refractivity contribution < 1.29 is 28.6 Å². The molecule has 0 aromatic rings. The second-order valence-corrected chi connectivity index (χ2v) is 21.1. The Labute approximate surface area is 412 Å². The van der Waals surface area contributed by atoms with E-state index in [1.165, 1.54) is 238 Å². The van der Waals surface area contributed by atoms with E-state index in [-0.39, 0.29) is 31.1 Å². The highest BCUT2D eigenvalue weighted by Gasteiger charge is 2.19. The van der Waals surface area contributed by atoms with Crippen LogP contribution in [0.3, 0.4) is 0 Å². The van der Waals surface area contributed by atoms with Gasteiger partial charge < -0.3 is 14.2 Å².